The van der Waals surface area contributed by atoms with Crippen molar-refractivity contribution in [3.8, 4) is 0 Å². The maximum Gasteiger partial charge on any atom is 0.220 e. The molecular formula is C67H121NO3. The van der Waals surface area contributed by atoms with E-state index < -0.39 is 12.1 Å². The molecule has 71 heavy (non-hydrogen) atoms. The standard InChI is InChI=1S/C67H121NO3/c1-3-5-7-9-11-13-15-17-19-21-23-24-25-26-27-28-29-30-31-32-33-34-35-36-37-38-39-40-41-42-43-44-45-47-49-51-53-55-57-59-61-63-67(71)68-65(64-69)66(70)62-60-58-56-54-52-50-48-46-22-20-18-16-14-12-10-8-6-4-2/h5,7,11,13,17,19,22-24,46,52,54,60,62,65-66,69-70H,3-4,6,8-10,12,14-16,18,20-21,25-45,47-51,53,55-59,61,63-64H2,1-2H3,(H,68,71)/b7-5-,13-11-,19-17-,24-23-,46-22+,54-52+,62-60+. The van der Waals surface area contributed by atoms with Crippen molar-refractivity contribution >= 4 is 5.91 Å². The van der Waals surface area contributed by atoms with Gasteiger partial charge < -0.3 is 15.5 Å². The van der Waals surface area contributed by atoms with E-state index in [4.69, 9.17) is 0 Å². The Labute approximate surface area is 443 Å². The first-order chi connectivity index (χ1) is 35.2. The van der Waals surface area contributed by atoms with Gasteiger partial charge in [0, 0.05) is 6.42 Å². The van der Waals surface area contributed by atoms with Crippen LogP contribution in [0.5, 0.6) is 0 Å². The zero-order valence-electron chi connectivity index (χ0n) is 47.5. The van der Waals surface area contributed by atoms with Crippen molar-refractivity contribution in [1.29, 1.82) is 0 Å². The molecule has 3 N–H and O–H groups in total. The monoisotopic (exact) mass is 988 g/mol. The quantitative estimate of drug-likeness (QED) is 0.0420. The van der Waals surface area contributed by atoms with Gasteiger partial charge in [-0.15, -0.1) is 0 Å². The molecule has 0 radical (unpaired) electrons. The molecule has 2 unspecified atom stereocenters. The molecule has 0 aromatic heterocycles. The van der Waals surface area contributed by atoms with E-state index in [9.17, 15) is 15.0 Å². The highest BCUT2D eigenvalue weighted by molar-refractivity contribution is 5.76. The Morgan fingerprint density at radius 1 is 0.352 bits per heavy atom. The van der Waals surface area contributed by atoms with E-state index in [0.717, 1.165) is 64.2 Å². The highest BCUT2D eigenvalue weighted by atomic mass is 16.3. The maximum atomic E-state index is 12.5. The Morgan fingerprint density at radius 2 is 0.634 bits per heavy atom. The largest absolute Gasteiger partial charge is 0.394 e. The van der Waals surface area contributed by atoms with Crippen molar-refractivity contribution in [2.24, 2.45) is 0 Å². The number of aliphatic hydroxyl groups excluding tert-OH is 2. The van der Waals surface area contributed by atoms with Crippen molar-refractivity contribution in [2.45, 2.75) is 328 Å². The molecule has 0 heterocycles. The van der Waals surface area contributed by atoms with Crippen LogP contribution in [0.3, 0.4) is 0 Å². The molecule has 0 aliphatic carbocycles. The summed E-state index contributed by atoms with van der Waals surface area (Å²) in [5.74, 6) is -0.0742. The molecule has 0 spiro atoms. The third-order valence-corrected chi connectivity index (χ3v) is 14.1. The maximum absolute atomic E-state index is 12.5. The van der Waals surface area contributed by atoms with Gasteiger partial charge in [-0.25, -0.2) is 0 Å². The zero-order chi connectivity index (χ0) is 51.3. The number of hydrogen-bond acceptors (Lipinski definition) is 3. The summed E-state index contributed by atoms with van der Waals surface area (Å²) in [7, 11) is 0. The summed E-state index contributed by atoms with van der Waals surface area (Å²) >= 11 is 0. The van der Waals surface area contributed by atoms with E-state index >= 15 is 0 Å². The summed E-state index contributed by atoms with van der Waals surface area (Å²) in [6.07, 6.45) is 90.7. The van der Waals surface area contributed by atoms with Gasteiger partial charge >= 0.3 is 0 Å². The van der Waals surface area contributed by atoms with E-state index in [1.807, 2.05) is 6.08 Å². The minimum Gasteiger partial charge on any atom is -0.394 e. The lowest BCUT2D eigenvalue weighted by Gasteiger charge is -2.19. The van der Waals surface area contributed by atoms with Gasteiger partial charge in [-0.1, -0.05) is 311 Å². The molecule has 4 nitrogen and oxygen atoms in total. The number of rotatable bonds is 57. The van der Waals surface area contributed by atoms with Gasteiger partial charge in [-0.3, -0.25) is 4.79 Å². The van der Waals surface area contributed by atoms with Crippen LogP contribution in [0, 0.1) is 0 Å². The lowest BCUT2D eigenvalue weighted by atomic mass is 10.0. The van der Waals surface area contributed by atoms with Crippen LogP contribution in [0.2, 0.25) is 0 Å². The minimum atomic E-state index is -0.871. The molecule has 0 aromatic rings. The summed E-state index contributed by atoms with van der Waals surface area (Å²) < 4.78 is 0. The van der Waals surface area contributed by atoms with Gasteiger partial charge in [-0.2, -0.15) is 0 Å². The van der Waals surface area contributed by atoms with E-state index in [-0.39, 0.29) is 12.5 Å². The first-order valence-electron chi connectivity index (χ1n) is 31.3. The minimum absolute atomic E-state index is 0.0742. The Balaban J connectivity index is 3.43. The van der Waals surface area contributed by atoms with Crippen LogP contribution in [0.4, 0.5) is 0 Å². The summed E-state index contributed by atoms with van der Waals surface area (Å²) in [5.41, 5.74) is 0. The van der Waals surface area contributed by atoms with Crippen molar-refractivity contribution in [1.82, 2.24) is 5.32 Å². The molecule has 412 valence electrons. The highest BCUT2D eigenvalue weighted by Gasteiger charge is 2.18. The van der Waals surface area contributed by atoms with Crippen molar-refractivity contribution in [3.05, 3.63) is 85.1 Å². The Hall–Kier alpha value is -2.43. The van der Waals surface area contributed by atoms with E-state index in [0.29, 0.717) is 6.42 Å². The molecule has 0 saturated carbocycles. The van der Waals surface area contributed by atoms with Crippen molar-refractivity contribution in [2.75, 3.05) is 6.61 Å². The lowest BCUT2D eigenvalue weighted by Crippen LogP contribution is -2.45. The van der Waals surface area contributed by atoms with Crippen LogP contribution in [0.25, 0.3) is 0 Å². The predicted molar refractivity (Wildman–Crippen MR) is 317 cm³/mol. The second kappa shape index (κ2) is 61.9. The third-order valence-electron chi connectivity index (χ3n) is 14.1. The van der Waals surface area contributed by atoms with E-state index in [2.05, 4.69) is 92.1 Å². The zero-order valence-corrected chi connectivity index (χ0v) is 47.5. The number of amides is 1. The van der Waals surface area contributed by atoms with Crippen LogP contribution in [-0.2, 0) is 4.79 Å². The fraction of sp³-hybridized carbons (Fsp3) is 0.776. The molecule has 2 atom stereocenters. The number of unbranched alkanes of at least 4 members (excludes halogenated alkanes) is 38. The molecule has 0 aliphatic rings. The smallest absolute Gasteiger partial charge is 0.220 e. The fourth-order valence-corrected chi connectivity index (χ4v) is 9.38. The number of nitrogens with one attached hydrogen (secondary N) is 1. The summed E-state index contributed by atoms with van der Waals surface area (Å²) in [4.78, 5) is 12.5. The molecule has 0 bridgehead atoms. The second-order valence-corrected chi connectivity index (χ2v) is 21.1. The first kappa shape index (κ1) is 68.6. The van der Waals surface area contributed by atoms with Crippen LogP contribution in [0.15, 0.2) is 85.1 Å². The first-order valence-corrected chi connectivity index (χ1v) is 31.3. The van der Waals surface area contributed by atoms with Gasteiger partial charge in [0.2, 0.25) is 5.91 Å². The van der Waals surface area contributed by atoms with Crippen molar-refractivity contribution in [3.63, 3.8) is 0 Å². The predicted octanol–water partition coefficient (Wildman–Crippen LogP) is 21.1. The van der Waals surface area contributed by atoms with Crippen LogP contribution >= 0.6 is 0 Å². The number of aliphatic hydroxyl groups is 2. The van der Waals surface area contributed by atoms with Gasteiger partial charge in [0.15, 0.2) is 0 Å². The Kier molecular flexibility index (Phi) is 59.8. The molecule has 0 aliphatic heterocycles. The molecule has 0 saturated heterocycles. The van der Waals surface area contributed by atoms with Crippen molar-refractivity contribution < 1.29 is 15.0 Å². The topological polar surface area (TPSA) is 69.6 Å². The Morgan fingerprint density at radius 3 is 0.986 bits per heavy atom. The molecular weight excluding hydrogens is 867 g/mol. The molecule has 4 heteroatoms. The van der Waals surface area contributed by atoms with Crippen LogP contribution in [-0.4, -0.2) is 34.9 Å². The van der Waals surface area contributed by atoms with Crippen LogP contribution in [0.1, 0.15) is 316 Å². The average molecular weight is 989 g/mol. The normalized spacial score (nSPS) is 13.4. The van der Waals surface area contributed by atoms with Gasteiger partial charge in [-0.05, 0) is 83.5 Å². The number of allylic oxidation sites excluding steroid dienone is 13. The number of carbonyl (C=O) groups is 1. The SMILES string of the molecule is CC/C=C\C/C=C\C/C=C\C/C=C\CCCCCCCCCCCCCCCCCCCCCCCCCCCCCCC(=O)NC(CO)C(O)/C=C/CC/C=C/CC/C=C/CCCCCCCCCC. The molecule has 0 aromatic carbocycles. The average Bonchev–Trinajstić information content (AvgIpc) is 3.37. The van der Waals surface area contributed by atoms with E-state index in [1.165, 1.54) is 231 Å². The van der Waals surface area contributed by atoms with Gasteiger partial charge in [0.05, 0.1) is 18.8 Å². The molecule has 0 rings (SSSR count). The fourth-order valence-electron chi connectivity index (χ4n) is 9.38. The van der Waals surface area contributed by atoms with Gasteiger partial charge in [0.1, 0.15) is 0 Å². The van der Waals surface area contributed by atoms with E-state index in [1.54, 1.807) is 6.08 Å². The summed E-state index contributed by atoms with van der Waals surface area (Å²) in [6, 6.07) is -0.647. The molecule has 1 amide bonds. The van der Waals surface area contributed by atoms with Crippen LogP contribution < -0.4 is 5.32 Å². The number of hydrogen-bond donors (Lipinski definition) is 3. The Bertz CT molecular complexity index is 1260. The summed E-state index contributed by atoms with van der Waals surface area (Å²) in [6.45, 7) is 4.19. The lowest BCUT2D eigenvalue weighted by molar-refractivity contribution is -0.123. The number of carbonyl (C=O) groups excluding carboxylic acids is 1. The summed E-state index contributed by atoms with van der Waals surface area (Å²) in [5, 5.41) is 23.1. The highest BCUT2D eigenvalue weighted by Crippen LogP contribution is 2.17. The van der Waals surface area contributed by atoms with Gasteiger partial charge in [0.25, 0.3) is 0 Å². The molecule has 0 fully saturated rings. The second-order valence-electron chi connectivity index (χ2n) is 21.1. The third kappa shape index (κ3) is 58.3.